The third-order valence-corrected chi connectivity index (χ3v) is 7.76. The number of hydrogen-bond acceptors (Lipinski definition) is 8. The largest absolute Gasteiger partial charge is 0.396 e. The Kier molecular flexibility index (Phi) is 5.04. The predicted molar refractivity (Wildman–Crippen MR) is 110 cm³/mol. The smallest absolute Gasteiger partial charge is 0.141 e. The third-order valence-electron chi connectivity index (χ3n) is 4.09. The van der Waals surface area contributed by atoms with Crippen molar-refractivity contribution >= 4 is 49.4 Å². The van der Waals surface area contributed by atoms with Crippen molar-refractivity contribution in [3.63, 3.8) is 0 Å². The maximum Gasteiger partial charge on any atom is 0.141 e. The molecule has 0 saturated carbocycles. The molecule has 0 aromatic carbocycles. The Morgan fingerprint density at radius 3 is 2.93 bits per heavy atom. The van der Waals surface area contributed by atoms with Crippen LogP contribution in [0.4, 0.5) is 5.69 Å². The average molecular weight is 420 g/mol. The summed E-state index contributed by atoms with van der Waals surface area (Å²) < 4.78 is 20.3. The Bertz CT molecular complexity index is 1120. The van der Waals surface area contributed by atoms with Crippen LogP contribution in [0.25, 0.3) is 32.2 Å². The Hall–Kier alpha value is -2.14. The molecule has 4 heterocycles. The first-order chi connectivity index (χ1) is 13.1. The zero-order valence-corrected chi connectivity index (χ0v) is 17.2. The number of nitrogen functional groups attached to an aromatic ring is 1. The quantitative estimate of drug-likeness (QED) is 0.516. The Morgan fingerprint density at radius 1 is 1.41 bits per heavy atom. The molecule has 0 saturated heterocycles. The van der Waals surface area contributed by atoms with Gasteiger partial charge >= 0.3 is 0 Å². The maximum atomic E-state index is 12.7. The standard InChI is InChI=1S/C17H17N5O2S3/c1-22-9-19-8-12(22)10-7-11(15-20-3-5-25-15)21-16-13(10)14(18)17(26-16)27(23)6-4-24-2/h3,5,7-9H,4,6,18H2,1-2H3/t27-/m1/s1. The Balaban J connectivity index is 1.96. The minimum Gasteiger partial charge on any atom is -0.396 e. The number of imidazole rings is 1. The van der Waals surface area contributed by atoms with Gasteiger partial charge in [0, 0.05) is 36.7 Å². The van der Waals surface area contributed by atoms with Gasteiger partial charge in [0.1, 0.15) is 19.7 Å². The summed E-state index contributed by atoms with van der Waals surface area (Å²) >= 11 is 2.89. The van der Waals surface area contributed by atoms with E-state index >= 15 is 0 Å². The SMILES string of the molecule is COCC[S@@](=O)c1sc2nc(-c3nccs3)cc(-c3cncn3C)c2c1N. The number of aryl methyl sites for hydroxylation is 1. The molecule has 1 atom stereocenters. The van der Waals surface area contributed by atoms with Crippen molar-refractivity contribution in [2.24, 2.45) is 7.05 Å². The summed E-state index contributed by atoms with van der Waals surface area (Å²) in [6, 6.07) is 1.98. The molecule has 0 spiro atoms. The first-order valence-corrected chi connectivity index (χ1v) is 11.1. The number of aromatic nitrogens is 4. The third kappa shape index (κ3) is 3.29. The van der Waals surface area contributed by atoms with Crippen molar-refractivity contribution in [1.82, 2.24) is 19.5 Å². The van der Waals surface area contributed by atoms with Gasteiger partial charge in [0.05, 0.1) is 47.1 Å². The maximum absolute atomic E-state index is 12.7. The highest BCUT2D eigenvalue weighted by molar-refractivity contribution is 7.87. The fourth-order valence-electron chi connectivity index (χ4n) is 2.80. The topological polar surface area (TPSA) is 95.9 Å². The van der Waals surface area contributed by atoms with Gasteiger partial charge in [-0.1, -0.05) is 0 Å². The van der Waals surface area contributed by atoms with Gasteiger partial charge in [-0.2, -0.15) is 0 Å². The number of pyridine rings is 1. The number of nitrogens with zero attached hydrogens (tertiary/aromatic N) is 4. The fraction of sp³-hybridized carbons (Fsp3) is 0.235. The number of rotatable bonds is 6. The van der Waals surface area contributed by atoms with E-state index in [1.54, 1.807) is 25.8 Å². The van der Waals surface area contributed by atoms with E-state index in [0.29, 0.717) is 22.3 Å². The summed E-state index contributed by atoms with van der Waals surface area (Å²) in [5.74, 6) is 0.397. The Morgan fingerprint density at radius 2 is 2.26 bits per heavy atom. The minimum absolute atomic E-state index is 0.397. The second-order valence-electron chi connectivity index (χ2n) is 5.81. The van der Waals surface area contributed by atoms with E-state index in [2.05, 4.69) is 9.97 Å². The summed E-state index contributed by atoms with van der Waals surface area (Å²) in [7, 11) is 2.28. The van der Waals surface area contributed by atoms with E-state index in [1.807, 2.05) is 23.1 Å². The van der Waals surface area contributed by atoms with Crippen LogP contribution in [0.2, 0.25) is 0 Å². The lowest BCUT2D eigenvalue weighted by Crippen LogP contribution is -2.04. The average Bonchev–Trinajstić information content (AvgIpc) is 3.39. The zero-order valence-electron chi connectivity index (χ0n) is 14.7. The van der Waals surface area contributed by atoms with Crippen molar-refractivity contribution in [3.05, 3.63) is 30.2 Å². The van der Waals surface area contributed by atoms with E-state index < -0.39 is 10.8 Å². The second-order valence-corrected chi connectivity index (χ2v) is 9.47. The molecule has 2 N–H and O–H groups in total. The van der Waals surface area contributed by atoms with Gasteiger partial charge in [0.25, 0.3) is 0 Å². The Labute approximate surface area is 166 Å². The lowest BCUT2D eigenvalue weighted by molar-refractivity contribution is 0.218. The molecule has 4 rings (SSSR count). The summed E-state index contributed by atoms with van der Waals surface area (Å²) in [4.78, 5) is 14.1. The fourth-order valence-corrected chi connectivity index (χ4v) is 5.96. The van der Waals surface area contributed by atoms with Crippen molar-refractivity contribution in [3.8, 4) is 22.0 Å². The molecule has 4 aromatic rings. The van der Waals surface area contributed by atoms with E-state index in [4.69, 9.17) is 15.5 Å². The van der Waals surface area contributed by atoms with Gasteiger partial charge in [0.2, 0.25) is 0 Å². The molecule has 0 bridgehead atoms. The molecule has 0 aliphatic rings. The van der Waals surface area contributed by atoms with E-state index in [-0.39, 0.29) is 0 Å². The number of methoxy groups -OCH3 is 1. The molecular formula is C17H17N5O2S3. The first kappa shape index (κ1) is 18.2. The van der Waals surface area contributed by atoms with Crippen LogP contribution in [0, 0.1) is 0 Å². The lowest BCUT2D eigenvalue weighted by atomic mass is 10.1. The number of hydrogen-bond donors (Lipinski definition) is 1. The summed E-state index contributed by atoms with van der Waals surface area (Å²) in [6.45, 7) is 0.409. The van der Waals surface area contributed by atoms with E-state index in [1.165, 1.54) is 22.7 Å². The van der Waals surface area contributed by atoms with Crippen LogP contribution < -0.4 is 5.73 Å². The molecule has 140 valence electrons. The van der Waals surface area contributed by atoms with Gasteiger partial charge in [-0.05, 0) is 6.07 Å². The first-order valence-electron chi connectivity index (χ1n) is 8.07. The summed E-state index contributed by atoms with van der Waals surface area (Å²) in [5, 5.41) is 3.55. The van der Waals surface area contributed by atoms with Crippen LogP contribution >= 0.6 is 22.7 Å². The predicted octanol–water partition coefficient (Wildman–Crippen LogP) is 3.16. The van der Waals surface area contributed by atoms with Crippen molar-refractivity contribution in [2.45, 2.75) is 4.21 Å². The van der Waals surface area contributed by atoms with Crippen molar-refractivity contribution < 1.29 is 8.95 Å². The van der Waals surface area contributed by atoms with Crippen molar-refractivity contribution in [1.29, 1.82) is 0 Å². The monoisotopic (exact) mass is 419 g/mol. The van der Waals surface area contributed by atoms with Crippen LogP contribution in [0.5, 0.6) is 0 Å². The molecule has 0 unspecified atom stereocenters. The molecule has 4 aromatic heterocycles. The molecule has 0 radical (unpaired) electrons. The number of ether oxygens (including phenoxy) is 1. The van der Waals surface area contributed by atoms with Crippen LogP contribution in [0.1, 0.15) is 0 Å². The minimum atomic E-state index is -1.24. The van der Waals surface area contributed by atoms with Gasteiger partial charge in [-0.15, -0.1) is 22.7 Å². The molecule has 0 aliphatic heterocycles. The number of thiazole rings is 1. The molecule has 27 heavy (non-hydrogen) atoms. The van der Waals surface area contributed by atoms with Gasteiger partial charge in [0.15, 0.2) is 0 Å². The van der Waals surface area contributed by atoms with Crippen LogP contribution in [-0.2, 0) is 22.6 Å². The van der Waals surface area contributed by atoms with Gasteiger partial charge in [-0.25, -0.2) is 15.0 Å². The molecular weight excluding hydrogens is 402 g/mol. The second kappa shape index (κ2) is 7.47. The molecule has 10 heteroatoms. The number of anilines is 1. The van der Waals surface area contributed by atoms with Gasteiger partial charge in [-0.3, -0.25) is 4.21 Å². The highest BCUT2D eigenvalue weighted by atomic mass is 32.2. The summed E-state index contributed by atoms with van der Waals surface area (Å²) in [6.07, 6.45) is 5.29. The molecule has 7 nitrogen and oxygen atoms in total. The summed E-state index contributed by atoms with van der Waals surface area (Å²) in [5.41, 5.74) is 9.54. The van der Waals surface area contributed by atoms with Crippen LogP contribution in [0.3, 0.4) is 0 Å². The van der Waals surface area contributed by atoms with Gasteiger partial charge < -0.3 is 15.0 Å². The zero-order chi connectivity index (χ0) is 19.0. The molecule has 0 amide bonds. The van der Waals surface area contributed by atoms with E-state index in [9.17, 15) is 4.21 Å². The highest BCUT2D eigenvalue weighted by Gasteiger charge is 2.22. The van der Waals surface area contributed by atoms with Crippen molar-refractivity contribution in [2.75, 3.05) is 25.2 Å². The molecule has 0 aliphatic carbocycles. The number of fused-ring (bicyclic) bond motifs is 1. The molecule has 0 fully saturated rings. The normalized spacial score (nSPS) is 12.7. The van der Waals surface area contributed by atoms with Crippen LogP contribution in [-0.4, -0.2) is 43.2 Å². The van der Waals surface area contributed by atoms with Crippen LogP contribution in [0.15, 0.2) is 34.4 Å². The highest BCUT2D eigenvalue weighted by Crippen LogP contribution is 2.42. The lowest BCUT2D eigenvalue weighted by Gasteiger charge is -2.08. The van der Waals surface area contributed by atoms with E-state index in [0.717, 1.165) is 32.2 Å². The number of nitrogens with two attached hydrogens (primary N) is 1. The number of thiophene rings is 1.